The number of rotatable bonds is 7. The molecule has 0 unspecified atom stereocenters. The second kappa shape index (κ2) is 9.63. The molecule has 1 aromatic rings. The second-order valence-electron chi connectivity index (χ2n) is 11.3. The number of ketones is 2. The van der Waals surface area contributed by atoms with E-state index in [9.17, 15) is 39.9 Å². The van der Waals surface area contributed by atoms with Gasteiger partial charge in [-0.3, -0.25) is 19.3 Å². The molecule has 0 spiro atoms. The van der Waals surface area contributed by atoms with Crippen molar-refractivity contribution in [3.05, 3.63) is 40.2 Å². The number of phenolic OH excluding ortho intramolecular Hbond substituents is 1. The lowest BCUT2D eigenvalue weighted by atomic mass is 9.51. The van der Waals surface area contributed by atoms with Gasteiger partial charge in [0.1, 0.15) is 22.8 Å². The van der Waals surface area contributed by atoms with Crippen LogP contribution in [0.15, 0.2) is 29.0 Å². The van der Waals surface area contributed by atoms with Crippen molar-refractivity contribution in [2.24, 2.45) is 17.1 Å². The van der Waals surface area contributed by atoms with E-state index >= 15 is 0 Å². The Hall–Kier alpha value is -3.45. The van der Waals surface area contributed by atoms with Gasteiger partial charge in [0.05, 0.1) is 18.2 Å². The number of carbonyl (C=O) groups excluding carboxylic acids is 3. The van der Waals surface area contributed by atoms with Crippen molar-refractivity contribution < 1.29 is 39.9 Å². The van der Waals surface area contributed by atoms with Crippen LogP contribution >= 0.6 is 0 Å². The van der Waals surface area contributed by atoms with Crippen LogP contribution < -0.4 is 10.6 Å². The first-order valence-electron chi connectivity index (χ1n) is 12.6. The van der Waals surface area contributed by atoms with Gasteiger partial charge >= 0.3 is 0 Å². The third-order valence-electron chi connectivity index (χ3n) is 8.34. The van der Waals surface area contributed by atoms with Crippen LogP contribution in [0.5, 0.6) is 5.75 Å². The molecule has 1 saturated carbocycles. The molecule has 0 aliphatic heterocycles. The van der Waals surface area contributed by atoms with E-state index in [4.69, 9.17) is 5.73 Å². The number of nitrogens with zero attached hydrogens (tertiary/aromatic N) is 3. The highest BCUT2D eigenvalue weighted by atomic mass is 16.3. The molecular weight excluding hydrogens is 508 g/mol. The summed E-state index contributed by atoms with van der Waals surface area (Å²) in [4.78, 5) is 45.1. The Bertz CT molecular complexity index is 1320. The molecule has 0 saturated heterocycles. The van der Waals surface area contributed by atoms with Crippen molar-refractivity contribution in [3.8, 4) is 5.75 Å². The van der Waals surface area contributed by atoms with Crippen LogP contribution in [-0.4, -0.2) is 119 Å². The predicted octanol–water partition coefficient (Wildman–Crippen LogP) is -0.676. The Morgan fingerprint density at radius 1 is 1.10 bits per heavy atom. The zero-order valence-corrected chi connectivity index (χ0v) is 22.7. The van der Waals surface area contributed by atoms with E-state index in [0.29, 0.717) is 11.3 Å². The highest BCUT2D eigenvalue weighted by Gasteiger charge is 2.67. The molecule has 12 nitrogen and oxygen atoms in total. The molecule has 39 heavy (non-hydrogen) atoms. The van der Waals surface area contributed by atoms with Crippen molar-refractivity contribution >= 4 is 28.9 Å². The number of aliphatic hydroxyl groups is 4. The Balaban J connectivity index is 2.09. The predicted molar refractivity (Wildman–Crippen MR) is 142 cm³/mol. The average Bonchev–Trinajstić information content (AvgIpc) is 2.81. The third kappa shape index (κ3) is 4.01. The van der Waals surface area contributed by atoms with Crippen LogP contribution in [0.2, 0.25) is 0 Å². The minimum Gasteiger partial charge on any atom is -0.508 e. The number of aromatic hydroxyl groups is 1. The van der Waals surface area contributed by atoms with Crippen LogP contribution in [0.1, 0.15) is 17.5 Å². The fraction of sp³-hybridized carbons (Fsp3) is 0.519. The van der Waals surface area contributed by atoms with Crippen LogP contribution in [0.25, 0.3) is 5.76 Å². The fourth-order valence-corrected chi connectivity index (χ4v) is 6.80. The fourth-order valence-electron chi connectivity index (χ4n) is 6.80. The summed E-state index contributed by atoms with van der Waals surface area (Å²) in [5.74, 6) is -6.36. The molecule has 1 aromatic carbocycles. The summed E-state index contributed by atoms with van der Waals surface area (Å²) < 4.78 is 0. The number of hydrogen-bond donors (Lipinski definition) is 6. The van der Waals surface area contributed by atoms with Gasteiger partial charge in [-0.25, -0.2) is 0 Å². The number of phenols is 1. The molecule has 3 aliphatic rings. The zero-order valence-electron chi connectivity index (χ0n) is 22.7. The second-order valence-corrected chi connectivity index (χ2v) is 11.3. The topological polar surface area (TPSA) is 188 Å². The lowest BCUT2D eigenvalue weighted by Crippen LogP contribution is -2.68. The Labute approximate surface area is 226 Å². The first-order valence-corrected chi connectivity index (χ1v) is 12.6. The van der Waals surface area contributed by atoms with Gasteiger partial charge in [-0.05, 0) is 51.7 Å². The molecule has 3 aliphatic carbocycles. The van der Waals surface area contributed by atoms with Crippen molar-refractivity contribution in [2.45, 2.75) is 24.5 Å². The molecule has 0 bridgehead atoms. The quantitative estimate of drug-likeness (QED) is 0.239. The van der Waals surface area contributed by atoms with Gasteiger partial charge in [0.15, 0.2) is 11.4 Å². The minimum absolute atomic E-state index is 0.0293. The smallest absolute Gasteiger partial charge is 0.255 e. The molecule has 4 atom stereocenters. The number of primary amides is 1. The number of fused-ring (bicyclic) bond motifs is 3. The summed E-state index contributed by atoms with van der Waals surface area (Å²) in [5, 5.41) is 55.0. The van der Waals surface area contributed by atoms with Crippen molar-refractivity contribution in [3.63, 3.8) is 0 Å². The van der Waals surface area contributed by atoms with Crippen molar-refractivity contribution in [1.82, 2.24) is 9.80 Å². The minimum atomic E-state index is -2.73. The first-order chi connectivity index (χ1) is 18.1. The maximum absolute atomic E-state index is 14.4. The molecule has 0 heterocycles. The van der Waals surface area contributed by atoms with Gasteiger partial charge in [-0.15, -0.1) is 0 Å². The summed E-state index contributed by atoms with van der Waals surface area (Å²) in [5.41, 5.74) is 1.66. The SMILES string of the molecule is CN(CCO)C[C@@]12Cc3c(N(C)C)ccc(O)c3C(O)=C1C(=O)[C@]1(O)C(O)=C(C(N)=O)C(=O)[C@@H](N(C)C)[C@@H]1C2. The van der Waals surface area contributed by atoms with E-state index in [-0.39, 0.29) is 49.4 Å². The molecule has 7 N–H and O–H groups in total. The number of hydrogen-bond acceptors (Lipinski definition) is 11. The molecule has 212 valence electrons. The number of anilines is 1. The highest BCUT2D eigenvalue weighted by Crippen LogP contribution is 2.59. The lowest BCUT2D eigenvalue weighted by molar-refractivity contribution is -0.157. The van der Waals surface area contributed by atoms with Gasteiger partial charge in [-0.2, -0.15) is 0 Å². The molecular formula is C27H36N4O8. The van der Waals surface area contributed by atoms with E-state index in [1.165, 1.54) is 11.0 Å². The summed E-state index contributed by atoms with van der Waals surface area (Å²) >= 11 is 0. The number of nitrogens with two attached hydrogens (primary N) is 1. The Morgan fingerprint density at radius 3 is 2.28 bits per heavy atom. The summed E-state index contributed by atoms with van der Waals surface area (Å²) in [6.45, 7) is 0.192. The molecule has 12 heteroatoms. The standard InChI is InChI=1S/C27H36N4O8/c1-29(2)15-6-7-16(33)17-13(15)10-26(12-31(5)8-9-32)11-14-20(30(3)4)22(35)18(25(28)38)23(36)27(14,39)24(37)19(26)21(17)34/h6-7,14,20,32-34,36,39H,8-12H2,1-5H3,(H2,28,38)/t14-,20-,26-,27+/m0/s1. The highest BCUT2D eigenvalue weighted by molar-refractivity contribution is 6.24. The Morgan fingerprint density at radius 2 is 1.74 bits per heavy atom. The summed E-state index contributed by atoms with van der Waals surface area (Å²) in [6, 6.07) is 1.89. The van der Waals surface area contributed by atoms with Gasteiger partial charge in [0.25, 0.3) is 5.91 Å². The molecule has 1 fully saturated rings. The van der Waals surface area contributed by atoms with Crippen LogP contribution in [0.4, 0.5) is 5.69 Å². The Kier molecular flexibility index (Phi) is 7.05. The number of likely N-dealkylation sites (N-methyl/N-ethyl adjacent to an activating group) is 2. The first kappa shape index (κ1) is 28.6. The van der Waals surface area contributed by atoms with Crippen molar-refractivity contribution in [1.29, 1.82) is 0 Å². The van der Waals surface area contributed by atoms with E-state index < -0.39 is 57.5 Å². The number of carbonyl (C=O) groups is 3. The maximum Gasteiger partial charge on any atom is 0.255 e. The normalized spacial score (nSPS) is 28.5. The molecule has 1 amide bonds. The van der Waals surface area contributed by atoms with E-state index in [1.54, 1.807) is 46.2 Å². The van der Waals surface area contributed by atoms with E-state index in [2.05, 4.69) is 0 Å². The summed E-state index contributed by atoms with van der Waals surface area (Å²) in [7, 11) is 8.44. The lowest BCUT2D eigenvalue weighted by Gasteiger charge is -2.55. The van der Waals surface area contributed by atoms with Crippen LogP contribution in [0, 0.1) is 11.3 Å². The number of benzene rings is 1. The van der Waals surface area contributed by atoms with E-state index in [0.717, 1.165) is 0 Å². The molecule has 0 aromatic heterocycles. The van der Waals surface area contributed by atoms with Gasteiger partial charge in [-0.1, -0.05) is 0 Å². The van der Waals surface area contributed by atoms with E-state index in [1.807, 2.05) is 4.90 Å². The van der Waals surface area contributed by atoms with Crippen LogP contribution in [-0.2, 0) is 20.8 Å². The third-order valence-corrected chi connectivity index (χ3v) is 8.34. The van der Waals surface area contributed by atoms with Gasteiger partial charge in [0, 0.05) is 49.8 Å². The van der Waals surface area contributed by atoms with Gasteiger partial charge in [0.2, 0.25) is 5.78 Å². The van der Waals surface area contributed by atoms with Gasteiger partial charge < -0.3 is 41.1 Å². The number of Topliss-reactive ketones (excluding diaryl/α,β-unsaturated/α-hetero) is 2. The largest absolute Gasteiger partial charge is 0.508 e. The summed E-state index contributed by atoms with van der Waals surface area (Å²) in [6.07, 6.45) is 0.0796. The average molecular weight is 545 g/mol. The van der Waals surface area contributed by atoms with Crippen LogP contribution in [0.3, 0.4) is 0 Å². The zero-order chi connectivity index (χ0) is 29.2. The molecule has 0 radical (unpaired) electrons. The molecule has 4 rings (SSSR count). The van der Waals surface area contributed by atoms with Crippen molar-refractivity contribution in [2.75, 3.05) is 59.8 Å². The number of amides is 1. The number of aliphatic hydroxyl groups excluding tert-OH is 3. The maximum atomic E-state index is 14.4. The monoisotopic (exact) mass is 544 g/mol.